The monoisotopic (exact) mass is 388 g/mol. The molecular formula is C22H20N4O3. The molecule has 1 spiro atoms. The van der Waals surface area contributed by atoms with Crippen LogP contribution in [0.25, 0.3) is 0 Å². The number of para-hydroxylation sites is 2. The Labute approximate surface area is 168 Å². The highest BCUT2D eigenvalue weighted by molar-refractivity contribution is 6.09. The van der Waals surface area contributed by atoms with Crippen LogP contribution in [0.2, 0.25) is 0 Å². The number of nitrogens with zero attached hydrogens (tertiary/aromatic N) is 2. The molecule has 146 valence electrons. The summed E-state index contributed by atoms with van der Waals surface area (Å²) >= 11 is 0. The van der Waals surface area contributed by atoms with Crippen LogP contribution < -0.4 is 10.6 Å². The Kier molecular flexibility index (Phi) is 4.55. The lowest BCUT2D eigenvalue weighted by Gasteiger charge is -2.25. The Bertz CT molecular complexity index is 1030. The van der Waals surface area contributed by atoms with Gasteiger partial charge in [0.25, 0.3) is 0 Å². The average Bonchev–Trinajstić information content (AvgIpc) is 3.26. The van der Waals surface area contributed by atoms with Gasteiger partial charge < -0.3 is 15.5 Å². The third-order valence-corrected chi connectivity index (χ3v) is 5.72. The molecule has 2 aromatic carbocycles. The molecule has 29 heavy (non-hydrogen) atoms. The molecule has 0 radical (unpaired) electrons. The van der Waals surface area contributed by atoms with Crippen LogP contribution in [0.3, 0.4) is 0 Å². The van der Waals surface area contributed by atoms with E-state index in [0.29, 0.717) is 11.4 Å². The molecule has 0 saturated carbocycles. The summed E-state index contributed by atoms with van der Waals surface area (Å²) in [7, 11) is 0. The molecule has 4 rings (SSSR count). The molecule has 0 aliphatic carbocycles. The second-order valence-corrected chi connectivity index (χ2v) is 7.47. The number of hydrogen-bond acceptors (Lipinski definition) is 4. The molecule has 3 amide bonds. The lowest BCUT2D eigenvalue weighted by Crippen LogP contribution is -2.44. The summed E-state index contributed by atoms with van der Waals surface area (Å²) in [5.41, 5.74) is 1.14. The minimum absolute atomic E-state index is 0.0792. The quantitative estimate of drug-likeness (QED) is 0.788. The largest absolute Gasteiger partial charge is 0.325 e. The van der Waals surface area contributed by atoms with Crippen molar-refractivity contribution in [3.63, 3.8) is 0 Å². The summed E-state index contributed by atoms with van der Waals surface area (Å²) in [5.74, 6) is -2.11. The molecule has 1 unspecified atom stereocenters. The van der Waals surface area contributed by atoms with E-state index in [9.17, 15) is 19.6 Å². The molecule has 3 atom stereocenters. The number of carbonyl (C=O) groups excluding carboxylic acids is 3. The smallest absolute Gasteiger partial charge is 0.237 e. The number of nitrogens with one attached hydrogen (secondary N) is 2. The highest BCUT2D eigenvalue weighted by Gasteiger charge is 2.56. The van der Waals surface area contributed by atoms with Crippen molar-refractivity contribution in [1.29, 1.82) is 5.26 Å². The number of rotatable bonds is 3. The molecule has 7 heteroatoms. The molecule has 0 aromatic heterocycles. The Morgan fingerprint density at radius 2 is 1.90 bits per heavy atom. The lowest BCUT2D eigenvalue weighted by molar-refractivity contribution is -0.139. The van der Waals surface area contributed by atoms with E-state index in [2.05, 4.69) is 16.7 Å². The van der Waals surface area contributed by atoms with Gasteiger partial charge in [0.1, 0.15) is 12.0 Å². The minimum Gasteiger partial charge on any atom is -0.325 e. The van der Waals surface area contributed by atoms with Gasteiger partial charge >= 0.3 is 0 Å². The fourth-order valence-electron chi connectivity index (χ4n) is 4.12. The molecule has 2 heterocycles. The van der Waals surface area contributed by atoms with Crippen LogP contribution in [0.4, 0.5) is 11.4 Å². The zero-order valence-corrected chi connectivity index (χ0v) is 15.9. The van der Waals surface area contributed by atoms with E-state index >= 15 is 0 Å². The number of benzene rings is 2. The summed E-state index contributed by atoms with van der Waals surface area (Å²) in [5, 5.41) is 15.2. The minimum atomic E-state index is -0.985. The van der Waals surface area contributed by atoms with Gasteiger partial charge in [0, 0.05) is 24.3 Å². The van der Waals surface area contributed by atoms with Gasteiger partial charge in [0.05, 0.1) is 11.5 Å². The normalized spacial score (nSPS) is 23.2. The van der Waals surface area contributed by atoms with Crippen LogP contribution in [-0.2, 0) is 19.8 Å². The van der Waals surface area contributed by atoms with E-state index in [1.54, 1.807) is 24.3 Å². The van der Waals surface area contributed by atoms with Crippen molar-refractivity contribution in [1.82, 2.24) is 4.90 Å². The first kappa shape index (κ1) is 18.7. The van der Waals surface area contributed by atoms with Crippen LogP contribution in [0.5, 0.6) is 0 Å². The number of hydrogen-bond donors (Lipinski definition) is 2. The first-order valence-corrected chi connectivity index (χ1v) is 9.43. The summed E-state index contributed by atoms with van der Waals surface area (Å²) in [6, 6.07) is 17.6. The molecule has 2 aromatic rings. The van der Waals surface area contributed by atoms with Crippen LogP contribution in [0, 0.1) is 17.2 Å². The van der Waals surface area contributed by atoms with Gasteiger partial charge in [-0.3, -0.25) is 14.4 Å². The molecule has 1 fully saturated rings. The van der Waals surface area contributed by atoms with Crippen molar-refractivity contribution < 1.29 is 14.4 Å². The molecule has 7 nitrogen and oxygen atoms in total. The third-order valence-electron chi connectivity index (χ3n) is 5.72. The van der Waals surface area contributed by atoms with Gasteiger partial charge in [-0.2, -0.15) is 5.26 Å². The Hall–Kier alpha value is -3.66. The Morgan fingerprint density at radius 1 is 1.21 bits per heavy atom. The van der Waals surface area contributed by atoms with Gasteiger partial charge in [-0.05, 0) is 30.7 Å². The number of fused-ring (bicyclic) bond motifs is 2. The standard InChI is InChI=1S/C22H20N4O3/c1-14(19(27)24-15-7-3-2-4-8-15)20(28)26-13-22(11-16(26)12-23)17-9-5-6-10-18(17)25-21(22)29/h2-10,14,16H,11,13H2,1H3,(H,24,27)(H,25,29)/t14?,16-,22-/m0/s1. The second-order valence-electron chi connectivity index (χ2n) is 7.47. The maximum atomic E-state index is 13.1. The zero-order valence-electron chi connectivity index (χ0n) is 15.9. The van der Waals surface area contributed by atoms with E-state index in [1.165, 1.54) is 11.8 Å². The number of nitriles is 1. The number of likely N-dealkylation sites (tertiary alicyclic amines) is 1. The summed E-state index contributed by atoms with van der Waals surface area (Å²) in [6.45, 7) is 1.60. The molecule has 0 bridgehead atoms. The summed E-state index contributed by atoms with van der Waals surface area (Å²) < 4.78 is 0. The summed E-state index contributed by atoms with van der Waals surface area (Å²) in [4.78, 5) is 39.8. The fourth-order valence-corrected chi connectivity index (χ4v) is 4.12. The summed E-state index contributed by atoms with van der Waals surface area (Å²) in [6.07, 6.45) is 0.213. The van der Waals surface area contributed by atoms with Gasteiger partial charge in [0.2, 0.25) is 17.7 Å². The van der Waals surface area contributed by atoms with Gasteiger partial charge in [-0.15, -0.1) is 0 Å². The second kappa shape index (κ2) is 7.06. The predicted molar refractivity (Wildman–Crippen MR) is 107 cm³/mol. The number of anilines is 2. The molecule has 1 saturated heterocycles. The fraction of sp³-hybridized carbons (Fsp3) is 0.273. The maximum absolute atomic E-state index is 13.1. The van der Waals surface area contributed by atoms with Crippen molar-refractivity contribution in [2.45, 2.75) is 24.8 Å². The molecule has 2 aliphatic rings. The van der Waals surface area contributed by atoms with E-state index < -0.39 is 29.2 Å². The van der Waals surface area contributed by atoms with Crippen molar-refractivity contribution in [3.8, 4) is 6.07 Å². The van der Waals surface area contributed by atoms with Crippen molar-refractivity contribution in [3.05, 3.63) is 60.2 Å². The molecule has 2 N–H and O–H groups in total. The molecule has 2 aliphatic heterocycles. The van der Waals surface area contributed by atoms with Crippen LogP contribution in [-0.4, -0.2) is 35.2 Å². The van der Waals surface area contributed by atoms with Crippen molar-refractivity contribution >= 4 is 29.1 Å². The Morgan fingerprint density at radius 3 is 2.62 bits per heavy atom. The van der Waals surface area contributed by atoms with E-state index in [1.807, 2.05) is 30.3 Å². The van der Waals surface area contributed by atoms with E-state index in [0.717, 1.165) is 5.56 Å². The first-order valence-electron chi connectivity index (χ1n) is 9.43. The van der Waals surface area contributed by atoms with Crippen molar-refractivity contribution in [2.24, 2.45) is 5.92 Å². The van der Waals surface area contributed by atoms with Gasteiger partial charge in [0.15, 0.2) is 0 Å². The predicted octanol–water partition coefficient (Wildman–Crippen LogP) is 2.28. The third kappa shape index (κ3) is 3.03. The van der Waals surface area contributed by atoms with Gasteiger partial charge in [-0.1, -0.05) is 36.4 Å². The van der Waals surface area contributed by atoms with E-state index in [-0.39, 0.29) is 18.9 Å². The maximum Gasteiger partial charge on any atom is 0.237 e. The zero-order chi connectivity index (χ0) is 20.6. The highest BCUT2D eigenvalue weighted by Crippen LogP contribution is 2.46. The highest BCUT2D eigenvalue weighted by atomic mass is 16.2. The molecular weight excluding hydrogens is 368 g/mol. The first-order chi connectivity index (χ1) is 14.0. The van der Waals surface area contributed by atoms with Crippen LogP contribution in [0.1, 0.15) is 18.9 Å². The van der Waals surface area contributed by atoms with Crippen molar-refractivity contribution in [2.75, 3.05) is 17.2 Å². The topological polar surface area (TPSA) is 102 Å². The lowest BCUT2D eigenvalue weighted by atomic mass is 9.80. The van der Waals surface area contributed by atoms with Crippen LogP contribution in [0.15, 0.2) is 54.6 Å². The van der Waals surface area contributed by atoms with E-state index in [4.69, 9.17) is 0 Å². The Balaban J connectivity index is 1.57. The average molecular weight is 388 g/mol. The van der Waals surface area contributed by atoms with Gasteiger partial charge in [-0.25, -0.2) is 0 Å². The van der Waals surface area contributed by atoms with Crippen LogP contribution >= 0.6 is 0 Å². The SMILES string of the molecule is CC(C(=O)Nc1ccccc1)C(=O)N1C[C@]2(C[C@H]1C#N)C(=O)Nc1ccccc12. The number of carbonyl (C=O) groups is 3. The number of amides is 3.